The largest absolute Gasteiger partial charge is 0.311 e. The van der Waals surface area contributed by atoms with Gasteiger partial charge in [0.15, 0.2) is 0 Å². The number of nitrogens with zero attached hydrogens (tertiary/aromatic N) is 2. The van der Waals surface area contributed by atoms with E-state index in [1.54, 1.807) is 4.90 Å². The minimum atomic E-state index is -0.160. The third kappa shape index (κ3) is 1.67. The maximum absolute atomic E-state index is 11.8. The number of anilines is 1. The number of nitriles is 1. The van der Waals surface area contributed by atoms with Gasteiger partial charge in [0.2, 0.25) is 5.91 Å². The average Bonchev–Trinajstić information content (AvgIpc) is 2.64. The van der Waals surface area contributed by atoms with Crippen LogP contribution in [0.1, 0.15) is 17.5 Å². The molecular weight excluding hydrogens is 200 g/mol. The van der Waals surface area contributed by atoms with E-state index >= 15 is 0 Å². The molecule has 2 rings (SSSR count). The molecule has 1 aliphatic heterocycles. The van der Waals surface area contributed by atoms with E-state index in [-0.39, 0.29) is 11.8 Å². The van der Waals surface area contributed by atoms with Crippen molar-refractivity contribution < 1.29 is 4.79 Å². The van der Waals surface area contributed by atoms with Gasteiger partial charge in [0.25, 0.3) is 0 Å². The number of carbonyl (C=O) groups is 1. The minimum Gasteiger partial charge on any atom is -0.311 e. The van der Waals surface area contributed by atoms with Crippen molar-refractivity contribution in [3.05, 3.63) is 29.3 Å². The molecule has 0 N–H and O–H groups in total. The average molecular weight is 214 g/mol. The van der Waals surface area contributed by atoms with Crippen LogP contribution in [0.25, 0.3) is 0 Å². The second kappa shape index (κ2) is 3.97. The Morgan fingerprint density at radius 1 is 1.44 bits per heavy atom. The zero-order valence-electron chi connectivity index (χ0n) is 9.53. The van der Waals surface area contributed by atoms with Crippen molar-refractivity contribution in [1.29, 1.82) is 5.26 Å². The van der Waals surface area contributed by atoms with Gasteiger partial charge in [-0.05, 0) is 31.0 Å². The van der Waals surface area contributed by atoms with E-state index in [9.17, 15) is 4.79 Å². The van der Waals surface area contributed by atoms with Gasteiger partial charge in [0.05, 0.1) is 12.0 Å². The van der Waals surface area contributed by atoms with Gasteiger partial charge in [-0.2, -0.15) is 5.26 Å². The molecule has 3 heteroatoms. The maximum Gasteiger partial charge on any atom is 0.228 e. The van der Waals surface area contributed by atoms with Crippen molar-refractivity contribution in [3.8, 4) is 6.07 Å². The molecule has 1 saturated heterocycles. The smallest absolute Gasteiger partial charge is 0.228 e. The Kier molecular flexibility index (Phi) is 2.66. The predicted molar refractivity (Wildman–Crippen MR) is 62.0 cm³/mol. The van der Waals surface area contributed by atoms with Gasteiger partial charge >= 0.3 is 0 Å². The normalized spacial score (nSPS) is 19.9. The van der Waals surface area contributed by atoms with E-state index in [1.807, 2.05) is 32.0 Å². The lowest BCUT2D eigenvalue weighted by Crippen LogP contribution is -2.25. The number of amides is 1. The zero-order valence-corrected chi connectivity index (χ0v) is 9.53. The molecule has 1 aromatic rings. The van der Waals surface area contributed by atoms with Crippen LogP contribution in [0, 0.1) is 31.1 Å². The first-order valence-electron chi connectivity index (χ1n) is 5.39. The summed E-state index contributed by atoms with van der Waals surface area (Å²) in [7, 11) is 0. The molecule has 1 atom stereocenters. The topological polar surface area (TPSA) is 44.1 Å². The van der Waals surface area contributed by atoms with E-state index < -0.39 is 0 Å². The first-order valence-corrected chi connectivity index (χ1v) is 5.39. The summed E-state index contributed by atoms with van der Waals surface area (Å²) in [5.41, 5.74) is 3.24. The van der Waals surface area contributed by atoms with Crippen molar-refractivity contribution in [3.63, 3.8) is 0 Å². The summed E-state index contributed by atoms with van der Waals surface area (Å²) >= 11 is 0. The van der Waals surface area contributed by atoms with Gasteiger partial charge in [-0.25, -0.2) is 0 Å². The first kappa shape index (κ1) is 10.7. The van der Waals surface area contributed by atoms with Crippen LogP contribution in [0.4, 0.5) is 5.69 Å². The Balaban J connectivity index is 2.36. The van der Waals surface area contributed by atoms with Crippen LogP contribution in [0.5, 0.6) is 0 Å². The van der Waals surface area contributed by atoms with E-state index in [4.69, 9.17) is 5.26 Å². The molecule has 0 saturated carbocycles. The Labute approximate surface area is 95.3 Å². The van der Waals surface area contributed by atoms with Crippen LogP contribution in [0.2, 0.25) is 0 Å². The van der Waals surface area contributed by atoms with Crippen molar-refractivity contribution in [2.45, 2.75) is 20.3 Å². The second-order valence-electron chi connectivity index (χ2n) is 4.25. The standard InChI is InChI=1S/C13H14N2O/c1-9-4-3-5-12(10(9)2)15-8-11(7-14)6-13(15)16/h3-5,11H,6,8H2,1-2H3. The number of rotatable bonds is 1. The van der Waals surface area contributed by atoms with Crippen LogP contribution < -0.4 is 4.90 Å². The van der Waals surface area contributed by atoms with E-state index in [1.165, 1.54) is 5.56 Å². The van der Waals surface area contributed by atoms with Crippen LogP contribution in [0.3, 0.4) is 0 Å². The fourth-order valence-electron chi connectivity index (χ4n) is 2.05. The predicted octanol–water partition coefficient (Wildman–Crippen LogP) is 2.18. The van der Waals surface area contributed by atoms with E-state index in [2.05, 4.69) is 6.07 Å². The SMILES string of the molecule is Cc1cccc(N2CC(C#N)CC2=O)c1C. The number of hydrogen-bond acceptors (Lipinski definition) is 2. The number of carbonyl (C=O) groups excluding carboxylic acids is 1. The van der Waals surface area contributed by atoms with Gasteiger partial charge in [-0.1, -0.05) is 12.1 Å². The summed E-state index contributed by atoms with van der Waals surface area (Å²) in [5, 5.41) is 8.84. The fraction of sp³-hybridized carbons (Fsp3) is 0.385. The molecule has 1 unspecified atom stereocenters. The molecule has 16 heavy (non-hydrogen) atoms. The van der Waals surface area contributed by atoms with Gasteiger partial charge in [0.1, 0.15) is 0 Å². The quantitative estimate of drug-likeness (QED) is 0.719. The van der Waals surface area contributed by atoms with Crippen LogP contribution in [-0.4, -0.2) is 12.5 Å². The highest BCUT2D eigenvalue weighted by Crippen LogP contribution is 2.28. The summed E-state index contributed by atoms with van der Waals surface area (Å²) < 4.78 is 0. The fourth-order valence-corrected chi connectivity index (χ4v) is 2.05. The Bertz CT molecular complexity index is 473. The van der Waals surface area contributed by atoms with Crippen molar-refractivity contribution in [2.75, 3.05) is 11.4 Å². The minimum absolute atomic E-state index is 0.0558. The van der Waals surface area contributed by atoms with E-state index in [0.29, 0.717) is 13.0 Å². The van der Waals surface area contributed by atoms with Crippen LogP contribution in [-0.2, 0) is 4.79 Å². The summed E-state index contributed by atoms with van der Waals surface area (Å²) in [6, 6.07) is 8.09. The molecule has 0 spiro atoms. The molecule has 1 fully saturated rings. The number of hydrogen-bond donors (Lipinski definition) is 0. The lowest BCUT2D eigenvalue weighted by atomic mass is 10.1. The monoisotopic (exact) mass is 214 g/mol. The van der Waals surface area contributed by atoms with E-state index in [0.717, 1.165) is 11.3 Å². The van der Waals surface area contributed by atoms with Crippen molar-refractivity contribution >= 4 is 11.6 Å². The van der Waals surface area contributed by atoms with Crippen LogP contribution in [0.15, 0.2) is 18.2 Å². The van der Waals surface area contributed by atoms with Gasteiger partial charge < -0.3 is 4.90 Å². The van der Waals surface area contributed by atoms with Crippen molar-refractivity contribution in [2.24, 2.45) is 5.92 Å². The molecule has 1 amide bonds. The highest BCUT2D eigenvalue weighted by Gasteiger charge is 2.31. The Morgan fingerprint density at radius 2 is 2.19 bits per heavy atom. The molecular formula is C13H14N2O. The summed E-state index contributed by atoms with van der Waals surface area (Å²) in [6.07, 6.45) is 0.351. The maximum atomic E-state index is 11.8. The summed E-state index contributed by atoms with van der Waals surface area (Å²) in [5.74, 6) is -0.104. The Hall–Kier alpha value is -1.82. The molecule has 1 aliphatic rings. The lowest BCUT2D eigenvalue weighted by Gasteiger charge is -2.19. The molecule has 1 heterocycles. The second-order valence-corrected chi connectivity index (χ2v) is 4.25. The number of benzene rings is 1. The lowest BCUT2D eigenvalue weighted by molar-refractivity contribution is -0.117. The molecule has 3 nitrogen and oxygen atoms in total. The molecule has 0 aromatic heterocycles. The first-order chi connectivity index (χ1) is 7.63. The summed E-state index contributed by atoms with van der Waals surface area (Å²) in [4.78, 5) is 13.5. The van der Waals surface area contributed by atoms with Gasteiger partial charge in [-0.3, -0.25) is 4.79 Å². The molecule has 82 valence electrons. The third-order valence-corrected chi connectivity index (χ3v) is 3.17. The van der Waals surface area contributed by atoms with Gasteiger partial charge in [-0.15, -0.1) is 0 Å². The zero-order chi connectivity index (χ0) is 11.7. The highest BCUT2D eigenvalue weighted by molar-refractivity contribution is 5.96. The number of aryl methyl sites for hydroxylation is 1. The van der Waals surface area contributed by atoms with Crippen molar-refractivity contribution in [1.82, 2.24) is 0 Å². The third-order valence-electron chi connectivity index (χ3n) is 3.17. The molecule has 0 bridgehead atoms. The highest BCUT2D eigenvalue weighted by atomic mass is 16.2. The van der Waals surface area contributed by atoms with Crippen LogP contribution >= 0.6 is 0 Å². The Morgan fingerprint density at radius 3 is 2.81 bits per heavy atom. The van der Waals surface area contributed by atoms with Gasteiger partial charge in [0, 0.05) is 18.7 Å². The molecule has 0 radical (unpaired) electrons. The summed E-state index contributed by atoms with van der Waals surface area (Å²) in [6.45, 7) is 4.57. The molecule has 1 aromatic carbocycles. The molecule has 0 aliphatic carbocycles.